The molecule has 0 aromatic carbocycles. The molecule has 1 aliphatic carbocycles. The SMILES string of the molecule is O=C(C1CC(C2CC2)NN1)N1CCN(c2ccc(C(F)(F)F)cn2)CC1. The van der Waals surface area contributed by atoms with Gasteiger partial charge in [0.1, 0.15) is 11.9 Å². The van der Waals surface area contributed by atoms with Gasteiger partial charge in [0.2, 0.25) is 5.91 Å². The first kappa shape index (κ1) is 17.5. The molecule has 3 fully saturated rings. The fraction of sp³-hybridized carbons (Fsp3) is 0.647. The van der Waals surface area contributed by atoms with E-state index in [0.717, 1.165) is 18.7 Å². The van der Waals surface area contributed by atoms with E-state index in [2.05, 4.69) is 15.8 Å². The highest BCUT2D eigenvalue weighted by atomic mass is 19.4. The van der Waals surface area contributed by atoms with Crippen LogP contribution in [0.25, 0.3) is 0 Å². The Morgan fingerprint density at radius 1 is 1.12 bits per heavy atom. The van der Waals surface area contributed by atoms with Crippen molar-refractivity contribution in [1.82, 2.24) is 20.7 Å². The van der Waals surface area contributed by atoms with Gasteiger partial charge in [0.15, 0.2) is 0 Å². The predicted molar refractivity (Wildman–Crippen MR) is 89.2 cm³/mol. The number of piperazine rings is 1. The van der Waals surface area contributed by atoms with Crippen LogP contribution in [0.3, 0.4) is 0 Å². The van der Waals surface area contributed by atoms with Crippen LogP contribution in [0.5, 0.6) is 0 Å². The number of carbonyl (C=O) groups excluding carboxylic acids is 1. The van der Waals surface area contributed by atoms with Gasteiger partial charge in [-0.2, -0.15) is 13.2 Å². The minimum atomic E-state index is -4.38. The molecule has 0 spiro atoms. The lowest BCUT2D eigenvalue weighted by molar-refractivity contribution is -0.138. The zero-order valence-electron chi connectivity index (χ0n) is 14.3. The van der Waals surface area contributed by atoms with Crippen molar-refractivity contribution in [3.8, 4) is 0 Å². The van der Waals surface area contributed by atoms with Gasteiger partial charge < -0.3 is 9.80 Å². The molecule has 3 heterocycles. The molecule has 1 aromatic heterocycles. The number of hydrogen-bond donors (Lipinski definition) is 2. The summed E-state index contributed by atoms with van der Waals surface area (Å²) < 4.78 is 37.9. The monoisotopic (exact) mass is 369 g/mol. The molecule has 3 aliphatic rings. The van der Waals surface area contributed by atoms with E-state index in [1.54, 1.807) is 0 Å². The first-order valence-corrected chi connectivity index (χ1v) is 9.00. The molecule has 2 aliphatic heterocycles. The molecule has 1 amide bonds. The van der Waals surface area contributed by atoms with Gasteiger partial charge >= 0.3 is 6.18 Å². The number of carbonyl (C=O) groups is 1. The van der Waals surface area contributed by atoms with E-state index in [0.29, 0.717) is 44.0 Å². The van der Waals surface area contributed by atoms with Crippen LogP contribution in [-0.4, -0.2) is 54.1 Å². The molecule has 4 rings (SSSR count). The smallest absolute Gasteiger partial charge is 0.353 e. The average molecular weight is 369 g/mol. The van der Waals surface area contributed by atoms with E-state index >= 15 is 0 Å². The number of halogens is 3. The van der Waals surface area contributed by atoms with Gasteiger partial charge in [-0.25, -0.2) is 10.4 Å². The number of rotatable bonds is 3. The Labute approximate surface area is 149 Å². The number of alkyl halides is 3. The molecule has 2 saturated heterocycles. The van der Waals surface area contributed by atoms with Crippen molar-refractivity contribution < 1.29 is 18.0 Å². The van der Waals surface area contributed by atoms with Crippen molar-refractivity contribution in [2.75, 3.05) is 31.1 Å². The summed E-state index contributed by atoms with van der Waals surface area (Å²) in [4.78, 5) is 20.3. The topological polar surface area (TPSA) is 60.5 Å². The minimum Gasteiger partial charge on any atom is -0.353 e. The Morgan fingerprint density at radius 3 is 2.42 bits per heavy atom. The third kappa shape index (κ3) is 3.64. The number of pyridine rings is 1. The summed E-state index contributed by atoms with van der Waals surface area (Å²) in [6.07, 6.45) is -0.224. The summed E-state index contributed by atoms with van der Waals surface area (Å²) in [5.74, 6) is 1.31. The number of nitrogens with one attached hydrogen (secondary N) is 2. The molecule has 1 aromatic rings. The van der Waals surface area contributed by atoms with Crippen LogP contribution in [0, 0.1) is 5.92 Å². The van der Waals surface area contributed by atoms with Gasteiger partial charge in [-0.1, -0.05) is 0 Å². The van der Waals surface area contributed by atoms with Gasteiger partial charge in [-0.05, 0) is 37.3 Å². The molecule has 142 valence electrons. The van der Waals surface area contributed by atoms with Crippen molar-refractivity contribution in [2.24, 2.45) is 5.92 Å². The Hall–Kier alpha value is -1.87. The molecule has 0 radical (unpaired) electrons. The van der Waals surface area contributed by atoms with Crippen LogP contribution in [-0.2, 0) is 11.0 Å². The standard InChI is InChI=1S/C17H22F3N5O/c18-17(19,20)12-3-4-15(21-10-12)24-5-7-25(8-6-24)16(26)14-9-13(22-23-14)11-1-2-11/h3-4,10-11,13-14,22-23H,1-2,5-9H2. The molecule has 0 bridgehead atoms. The summed E-state index contributed by atoms with van der Waals surface area (Å²) in [5, 5.41) is 0. The van der Waals surface area contributed by atoms with E-state index in [-0.39, 0.29) is 11.9 Å². The van der Waals surface area contributed by atoms with Crippen LogP contribution in [0.15, 0.2) is 18.3 Å². The van der Waals surface area contributed by atoms with Crippen LogP contribution < -0.4 is 15.8 Å². The van der Waals surface area contributed by atoms with Crippen molar-refractivity contribution >= 4 is 11.7 Å². The number of nitrogens with zero attached hydrogens (tertiary/aromatic N) is 3. The summed E-state index contributed by atoms with van der Waals surface area (Å²) in [6, 6.07) is 2.65. The largest absolute Gasteiger partial charge is 0.417 e. The van der Waals surface area contributed by atoms with Crippen molar-refractivity contribution in [1.29, 1.82) is 0 Å². The Morgan fingerprint density at radius 2 is 1.85 bits per heavy atom. The molecule has 1 saturated carbocycles. The molecule has 6 nitrogen and oxygen atoms in total. The minimum absolute atomic E-state index is 0.0979. The first-order chi connectivity index (χ1) is 12.4. The first-order valence-electron chi connectivity index (χ1n) is 9.00. The summed E-state index contributed by atoms with van der Waals surface area (Å²) in [5.41, 5.74) is 5.60. The van der Waals surface area contributed by atoms with Crippen LogP contribution in [0.4, 0.5) is 19.0 Å². The third-order valence-electron chi connectivity index (χ3n) is 5.41. The molecule has 2 N–H and O–H groups in total. The normalized spacial score (nSPS) is 27.0. The number of amides is 1. The predicted octanol–water partition coefficient (Wildman–Crippen LogP) is 1.39. The van der Waals surface area contributed by atoms with Crippen LogP contribution >= 0.6 is 0 Å². The zero-order valence-corrected chi connectivity index (χ0v) is 14.3. The second-order valence-corrected chi connectivity index (χ2v) is 7.24. The summed E-state index contributed by atoms with van der Waals surface area (Å²) in [6.45, 7) is 2.23. The molecule has 2 atom stereocenters. The highest BCUT2D eigenvalue weighted by Crippen LogP contribution is 2.36. The number of hydrazine groups is 1. The van der Waals surface area contributed by atoms with Gasteiger partial charge in [0, 0.05) is 38.4 Å². The summed E-state index contributed by atoms with van der Waals surface area (Å²) >= 11 is 0. The second-order valence-electron chi connectivity index (χ2n) is 7.24. The maximum Gasteiger partial charge on any atom is 0.417 e. The van der Waals surface area contributed by atoms with Gasteiger partial charge in [-0.3, -0.25) is 10.2 Å². The molecular weight excluding hydrogens is 347 g/mol. The maximum atomic E-state index is 12.7. The molecule has 9 heteroatoms. The average Bonchev–Trinajstić information content (AvgIpc) is 3.38. The summed E-state index contributed by atoms with van der Waals surface area (Å²) in [7, 11) is 0. The van der Waals surface area contributed by atoms with Gasteiger partial charge in [-0.15, -0.1) is 0 Å². The fourth-order valence-corrected chi connectivity index (χ4v) is 3.67. The Bertz CT molecular complexity index is 653. The van der Waals surface area contributed by atoms with E-state index in [1.165, 1.54) is 18.9 Å². The second kappa shape index (κ2) is 6.70. The lowest BCUT2D eigenvalue weighted by Gasteiger charge is -2.36. The number of hydrogen-bond acceptors (Lipinski definition) is 5. The van der Waals surface area contributed by atoms with E-state index in [4.69, 9.17) is 0 Å². The quantitative estimate of drug-likeness (QED) is 0.843. The lowest BCUT2D eigenvalue weighted by atomic mass is 10.1. The number of anilines is 1. The van der Waals surface area contributed by atoms with Crippen molar-refractivity contribution in [2.45, 2.75) is 37.5 Å². The Kier molecular flexibility index (Phi) is 4.52. The third-order valence-corrected chi connectivity index (χ3v) is 5.41. The maximum absolute atomic E-state index is 12.7. The van der Waals surface area contributed by atoms with Gasteiger partial charge in [0.25, 0.3) is 0 Å². The highest BCUT2D eigenvalue weighted by Gasteiger charge is 2.40. The fourth-order valence-electron chi connectivity index (χ4n) is 3.67. The zero-order chi connectivity index (χ0) is 18.3. The highest BCUT2D eigenvalue weighted by molar-refractivity contribution is 5.82. The lowest BCUT2D eigenvalue weighted by Crippen LogP contribution is -2.53. The Balaban J connectivity index is 1.30. The van der Waals surface area contributed by atoms with Crippen molar-refractivity contribution in [3.63, 3.8) is 0 Å². The van der Waals surface area contributed by atoms with Crippen molar-refractivity contribution in [3.05, 3.63) is 23.9 Å². The molecular formula is C17H22F3N5O. The van der Waals surface area contributed by atoms with Crippen LogP contribution in [0.1, 0.15) is 24.8 Å². The van der Waals surface area contributed by atoms with E-state index in [1.807, 2.05) is 9.80 Å². The number of aromatic nitrogens is 1. The van der Waals surface area contributed by atoms with E-state index < -0.39 is 11.7 Å². The van der Waals surface area contributed by atoms with Crippen LogP contribution in [0.2, 0.25) is 0 Å². The van der Waals surface area contributed by atoms with Gasteiger partial charge in [0.05, 0.1) is 5.56 Å². The molecule has 2 unspecified atom stereocenters. The van der Waals surface area contributed by atoms with E-state index in [9.17, 15) is 18.0 Å². The molecule has 26 heavy (non-hydrogen) atoms.